The zero-order valence-electron chi connectivity index (χ0n) is 2.97. The van der Waals surface area contributed by atoms with E-state index in [-0.39, 0.29) is 24.0 Å². The van der Waals surface area contributed by atoms with Crippen molar-refractivity contribution in [2.24, 2.45) is 0 Å². The smallest absolute Gasteiger partial charge is 0.870 e. The molecule has 0 aliphatic carbocycles. The zero-order valence-corrected chi connectivity index (χ0v) is 5.27. The van der Waals surface area contributed by atoms with Gasteiger partial charge < -0.3 is 24.7 Å². The molecule has 0 saturated heterocycles. The molecule has 0 rings (SSSR count). The third-order valence-electron chi connectivity index (χ3n) is 0. The van der Waals surface area contributed by atoms with Gasteiger partial charge in [0.1, 0.15) is 0 Å². The Balaban J connectivity index is -0.0000000800. The van der Waals surface area contributed by atoms with Crippen molar-refractivity contribution in [2.45, 2.75) is 0 Å². The van der Waals surface area contributed by atoms with Gasteiger partial charge in [-0.2, -0.15) is 7.82 Å². The standard InChI is InChI=1S/H3O4P.H2O.V/c1-5(2,3)4;;/h(H3,1,2,3,4);1H2;/q;;+4/p-4. The van der Waals surface area contributed by atoms with Crippen molar-refractivity contribution in [3.05, 3.63) is 0 Å². The van der Waals surface area contributed by atoms with Gasteiger partial charge in [-0.15, -0.1) is 0 Å². The number of phosphoric acid groups is 1. The first-order valence-corrected chi connectivity index (χ1v) is 2.19. The van der Waals surface area contributed by atoms with Crippen molar-refractivity contribution >= 4 is 7.82 Å². The molecule has 0 heterocycles. The van der Waals surface area contributed by atoms with E-state index < -0.39 is 7.82 Å². The summed E-state index contributed by atoms with van der Waals surface area (Å²) in [7, 11) is -5.39. The third-order valence-corrected chi connectivity index (χ3v) is 0. The van der Waals surface area contributed by atoms with Crippen LogP contribution in [0.1, 0.15) is 0 Å². The van der Waals surface area contributed by atoms with Crippen LogP contribution in [0.2, 0.25) is 0 Å². The average molecular weight is 163 g/mol. The van der Waals surface area contributed by atoms with Gasteiger partial charge in [0, 0.05) is 0 Å². The minimum Gasteiger partial charge on any atom is -0.870 e. The molecule has 7 heteroatoms. The molecule has 0 aromatic rings. The summed E-state index contributed by atoms with van der Waals surface area (Å²) in [5.41, 5.74) is 0. The first kappa shape index (κ1) is 15.6. The summed E-state index contributed by atoms with van der Waals surface area (Å²) >= 11 is 0. The van der Waals surface area contributed by atoms with Crippen molar-refractivity contribution < 1.29 is 43.3 Å². The second kappa shape index (κ2) is 4.80. The Morgan fingerprint density at radius 1 is 1.14 bits per heavy atom. The first-order valence-electron chi connectivity index (χ1n) is 0.730. The summed E-state index contributed by atoms with van der Waals surface area (Å²) in [5, 5.41) is 0. The topological polar surface area (TPSA) is 116 Å². The van der Waals surface area contributed by atoms with Gasteiger partial charge in [-0.1, -0.05) is 0 Å². The summed E-state index contributed by atoms with van der Waals surface area (Å²) in [4.78, 5) is 25.6. The molecule has 0 aliphatic rings. The fourth-order valence-electron chi connectivity index (χ4n) is 0. The predicted octanol–water partition coefficient (Wildman–Crippen LogP) is -3.00. The van der Waals surface area contributed by atoms with E-state index >= 15 is 0 Å². The third kappa shape index (κ3) is 337. The molecule has 0 spiro atoms. The molecule has 0 saturated carbocycles. The summed E-state index contributed by atoms with van der Waals surface area (Å²) in [6.07, 6.45) is 0. The van der Waals surface area contributed by atoms with Gasteiger partial charge in [-0.25, -0.2) is 0 Å². The van der Waals surface area contributed by atoms with Crippen molar-refractivity contribution in [2.75, 3.05) is 0 Å². The Labute approximate surface area is 51.8 Å². The minimum atomic E-state index is -5.39. The molecule has 0 bridgehead atoms. The molecule has 0 amide bonds. The van der Waals surface area contributed by atoms with Gasteiger partial charge in [-0.3, -0.25) is 0 Å². The molecular weight excluding hydrogens is 162 g/mol. The van der Waals surface area contributed by atoms with Crippen molar-refractivity contribution in [1.82, 2.24) is 0 Å². The fraction of sp³-hybridized carbons (Fsp3) is 0. The van der Waals surface area contributed by atoms with Crippen LogP contribution in [0.3, 0.4) is 0 Å². The molecule has 0 fully saturated rings. The number of hydrogen-bond acceptors (Lipinski definition) is 5. The molecular formula is HO5PV. The van der Waals surface area contributed by atoms with Crippen LogP contribution in [0, 0.1) is 0 Å². The number of hydrogen-bond donors (Lipinski definition) is 0. The first-order chi connectivity index (χ1) is 2.00. The minimum absolute atomic E-state index is 0. The van der Waals surface area contributed by atoms with E-state index in [4.69, 9.17) is 19.2 Å². The Kier molecular flexibility index (Phi) is 10.7. The maximum absolute atomic E-state index is 8.55. The van der Waals surface area contributed by atoms with E-state index in [0.29, 0.717) is 0 Å². The quantitative estimate of drug-likeness (QED) is 0.352. The Bertz CT molecular complexity index is 54.2. The largest absolute Gasteiger partial charge is 4.00 e. The molecule has 1 N–H and O–H groups in total. The normalized spacial score (nSPS) is 8.43. The second-order valence-electron chi connectivity index (χ2n) is 0.447. The fourth-order valence-corrected chi connectivity index (χ4v) is 0. The van der Waals surface area contributed by atoms with E-state index in [1.165, 1.54) is 0 Å². The maximum Gasteiger partial charge on any atom is 4.00 e. The van der Waals surface area contributed by atoms with Crippen molar-refractivity contribution in [3.8, 4) is 0 Å². The number of rotatable bonds is 0. The zero-order chi connectivity index (χ0) is 4.50. The summed E-state index contributed by atoms with van der Waals surface area (Å²) in [6, 6.07) is 0. The van der Waals surface area contributed by atoms with Gasteiger partial charge in [0.2, 0.25) is 0 Å². The van der Waals surface area contributed by atoms with Crippen LogP contribution in [0.4, 0.5) is 0 Å². The SMILES string of the molecule is O=P([O-])([O-])[O-].[OH-].[V+4]. The van der Waals surface area contributed by atoms with Crippen LogP contribution in [0.5, 0.6) is 0 Å². The molecule has 5 nitrogen and oxygen atoms in total. The van der Waals surface area contributed by atoms with Gasteiger partial charge in [0.15, 0.2) is 0 Å². The van der Waals surface area contributed by atoms with Crippen molar-refractivity contribution in [3.63, 3.8) is 0 Å². The molecule has 0 aromatic carbocycles. The Morgan fingerprint density at radius 3 is 1.14 bits per heavy atom. The average Bonchev–Trinajstić information content (AvgIpc) is 0.722. The Hall–Kier alpha value is 0.654. The molecule has 41 valence electrons. The predicted molar refractivity (Wildman–Crippen MR) is 9.54 cm³/mol. The summed E-state index contributed by atoms with van der Waals surface area (Å²) in [5.74, 6) is 0. The van der Waals surface area contributed by atoms with Crippen LogP contribution >= 0.6 is 7.82 Å². The molecule has 0 unspecified atom stereocenters. The van der Waals surface area contributed by atoms with E-state index in [2.05, 4.69) is 0 Å². The van der Waals surface area contributed by atoms with Gasteiger partial charge >= 0.3 is 18.6 Å². The van der Waals surface area contributed by atoms with Gasteiger partial charge in [0.25, 0.3) is 0 Å². The van der Waals surface area contributed by atoms with Gasteiger partial charge in [-0.05, 0) is 0 Å². The Morgan fingerprint density at radius 2 is 1.14 bits per heavy atom. The molecule has 0 aliphatic heterocycles. The van der Waals surface area contributed by atoms with E-state index in [1.807, 2.05) is 0 Å². The van der Waals surface area contributed by atoms with Crippen LogP contribution in [-0.2, 0) is 23.1 Å². The molecule has 1 radical (unpaired) electrons. The van der Waals surface area contributed by atoms with Crippen LogP contribution in [0.25, 0.3) is 0 Å². The van der Waals surface area contributed by atoms with E-state index in [0.717, 1.165) is 0 Å². The van der Waals surface area contributed by atoms with E-state index in [9.17, 15) is 0 Å². The van der Waals surface area contributed by atoms with Crippen molar-refractivity contribution in [1.29, 1.82) is 0 Å². The van der Waals surface area contributed by atoms with Crippen LogP contribution in [-0.4, -0.2) is 5.48 Å². The molecule has 0 atom stereocenters. The monoisotopic (exact) mass is 163 g/mol. The summed E-state index contributed by atoms with van der Waals surface area (Å²) in [6.45, 7) is 0. The maximum atomic E-state index is 8.55. The van der Waals surface area contributed by atoms with Crippen LogP contribution < -0.4 is 14.7 Å². The van der Waals surface area contributed by atoms with E-state index in [1.54, 1.807) is 0 Å². The van der Waals surface area contributed by atoms with Gasteiger partial charge in [0.05, 0.1) is 0 Å². The summed E-state index contributed by atoms with van der Waals surface area (Å²) < 4.78 is 8.55. The second-order valence-corrected chi connectivity index (χ2v) is 1.34. The molecule has 7 heavy (non-hydrogen) atoms. The van der Waals surface area contributed by atoms with Crippen LogP contribution in [0.15, 0.2) is 0 Å². The molecule has 0 aromatic heterocycles.